The van der Waals surface area contributed by atoms with Gasteiger partial charge in [-0.15, -0.1) is 0 Å². The average Bonchev–Trinajstić information content (AvgIpc) is 3.19. The molecule has 0 aliphatic carbocycles. The van der Waals surface area contributed by atoms with E-state index in [-0.39, 0.29) is 10.5 Å². The highest BCUT2D eigenvalue weighted by atomic mass is 32.2. The summed E-state index contributed by atoms with van der Waals surface area (Å²) in [5.41, 5.74) is 0.591. The molecule has 0 radical (unpaired) electrons. The summed E-state index contributed by atoms with van der Waals surface area (Å²) in [4.78, 5) is 12.6. The molecular formula is C19H20F2N2O3S. The van der Waals surface area contributed by atoms with Crippen molar-refractivity contribution < 1.29 is 22.0 Å². The second-order valence-electron chi connectivity index (χ2n) is 6.51. The fourth-order valence-electron chi connectivity index (χ4n) is 3.02. The summed E-state index contributed by atoms with van der Waals surface area (Å²) in [5, 5.41) is 2.67. The number of halogens is 2. The van der Waals surface area contributed by atoms with Gasteiger partial charge in [0.05, 0.1) is 10.9 Å². The molecule has 5 nitrogen and oxygen atoms in total. The number of benzene rings is 2. The van der Waals surface area contributed by atoms with E-state index in [2.05, 4.69) is 5.32 Å². The fraction of sp³-hybridized carbons (Fsp3) is 0.316. The summed E-state index contributed by atoms with van der Waals surface area (Å²) in [7, 11) is -3.62. The molecule has 1 atom stereocenters. The van der Waals surface area contributed by atoms with Gasteiger partial charge in [0.2, 0.25) is 10.0 Å². The molecule has 2 aromatic rings. The predicted molar refractivity (Wildman–Crippen MR) is 96.7 cm³/mol. The minimum atomic E-state index is -3.62. The zero-order valence-electron chi connectivity index (χ0n) is 14.8. The minimum Gasteiger partial charge on any atom is -0.346 e. The first kappa shape index (κ1) is 19.4. The SMILES string of the molecule is CC(NC(=O)c1cccc(S(=O)(=O)N2CCCC2)c1)c1ccc(F)c(F)c1. The van der Waals surface area contributed by atoms with Gasteiger partial charge in [-0.3, -0.25) is 4.79 Å². The van der Waals surface area contributed by atoms with Crippen LogP contribution >= 0.6 is 0 Å². The molecule has 1 saturated heterocycles. The van der Waals surface area contributed by atoms with Crippen molar-refractivity contribution in [3.8, 4) is 0 Å². The van der Waals surface area contributed by atoms with Crippen LogP contribution < -0.4 is 5.32 Å². The van der Waals surface area contributed by atoms with Crippen LogP contribution in [-0.2, 0) is 10.0 Å². The first-order chi connectivity index (χ1) is 12.8. The van der Waals surface area contributed by atoms with Gasteiger partial charge < -0.3 is 5.32 Å². The van der Waals surface area contributed by atoms with Crippen molar-refractivity contribution in [2.24, 2.45) is 0 Å². The van der Waals surface area contributed by atoms with E-state index in [1.165, 1.54) is 34.6 Å². The third-order valence-corrected chi connectivity index (χ3v) is 6.48. The molecule has 1 unspecified atom stereocenters. The molecule has 0 aromatic heterocycles. The maximum atomic E-state index is 13.4. The predicted octanol–water partition coefficient (Wildman–Crippen LogP) is 3.24. The Bertz CT molecular complexity index is 957. The van der Waals surface area contributed by atoms with Crippen LogP contribution in [0.4, 0.5) is 8.78 Å². The van der Waals surface area contributed by atoms with E-state index in [0.29, 0.717) is 18.7 Å². The summed E-state index contributed by atoms with van der Waals surface area (Å²) in [5.74, 6) is -2.45. The maximum Gasteiger partial charge on any atom is 0.251 e. The van der Waals surface area contributed by atoms with E-state index >= 15 is 0 Å². The van der Waals surface area contributed by atoms with Crippen LogP contribution in [0, 0.1) is 11.6 Å². The maximum absolute atomic E-state index is 13.4. The Morgan fingerprint density at radius 2 is 1.78 bits per heavy atom. The average molecular weight is 394 g/mol. The van der Waals surface area contributed by atoms with Gasteiger partial charge in [0, 0.05) is 18.7 Å². The number of rotatable bonds is 5. The van der Waals surface area contributed by atoms with Gasteiger partial charge in [0.25, 0.3) is 5.91 Å². The van der Waals surface area contributed by atoms with Gasteiger partial charge >= 0.3 is 0 Å². The second kappa shape index (κ2) is 7.74. The molecule has 0 bridgehead atoms. The van der Waals surface area contributed by atoms with Gasteiger partial charge in [-0.25, -0.2) is 17.2 Å². The van der Waals surface area contributed by atoms with Crippen LogP contribution in [0.3, 0.4) is 0 Å². The molecule has 1 aliphatic heterocycles. The highest BCUT2D eigenvalue weighted by molar-refractivity contribution is 7.89. The Morgan fingerprint density at radius 1 is 1.07 bits per heavy atom. The number of carbonyl (C=O) groups is 1. The molecule has 1 N–H and O–H groups in total. The van der Waals surface area contributed by atoms with E-state index in [9.17, 15) is 22.0 Å². The molecule has 1 amide bonds. The lowest BCUT2D eigenvalue weighted by molar-refractivity contribution is 0.0939. The van der Waals surface area contributed by atoms with Gasteiger partial charge in [0.1, 0.15) is 0 Å². The van der Waals surface area contributed by atoms with Crippen LogP contribution in [0.15, 0.2) is 47.4 Å². The quantitative estimate of drug-likeness (QED) is 0.847. The van der Waals surface area contributed by atoms with Crippen LogP contribution in [-0.4, -0.2) is 31.7 Å². The smallest absolute Gasteiger partial charge is 0.251 e. The van der Waals surface area contributed by atoms with Crippen molar-refractivity contribution in [3.05, 3.63) is 65.2 Å². The van der Waals surface area contributed by atoms with E-state index in [4.69, 9.17) is 0 Å². The molecule has 0 saturated carbocycles. The Hall–Kier alpha value is -2.32. The topological polar surface area (TPSA) is 66.5 Å². The van der Waals surface area contributed by atoms with Crippen LogP contribution in [0.1, 0.15) is 41.7 Å². The largest absolute Gasteiger partial charge is 0.346 e. The number of nitrogens with zero attached hydrogens (tertiary/aromatic N) is 1. The molecule has 1 aliphatic rings. The molecule has 144 valence electrons. The third kappa shape index (κ3) is 4.17. The number of carbonyl (C=O) groups excluding carboxylic acids is 1. The van der Waals surface area contributed by atoms with Crippen LogP contribution in [0.5, 0.6) is 0 Å². The normalized spacial score (nSPS) is 16.3. The number of sulfonamides is 1. The van der Waals surface area contributed by atoms with Crippen molar-refractivity contribution in [3.63, 3.8) is 0 Å². The van der Waals surface area contributed by atoms with E-state index < -0.39 is 33.6 Å². The van der Waals surface area contributed by atoms with Crippen LogP contribution in [0.25, 0.3) is 0 Å². The summed E-state index contributed by atoms with van der Waals surface area (Å²) in [6.07, 6.45) is 1.65. The Balaban J connectivity index is 1.78. The summed E-state index contributed by atoms with van der Waals surface area (Å²) in [6.45, 7) is 2.59. The molecule has 0 spiro atoms. The van der Waals surface area contributed by atoms with E-state index in [0.717, 1.165) is 25.0 Å². The number of hydrogen-bond donors (Lipinski definition) is 1. The lowest BCUT2D eigenvalue weighted by atomic mass is 10.1. The standard InChI is InChI=1S/C19H20F2N2O3S/c1-13(14-7-8-17(20)18(21)12-14)22-19(24)15-5-4-6-16(11-15)27(25,26)23-9-2-3-10-23/h4-8,11-13H,2-3,9-10H2,1H3,(H,22,24). The van der Waals surface area contributed by atoms with Gasteiger partial charge in [-0.1, -0.05) is 12.1 Å². The summed E-state index contributed by atoms with van der Waals surface area (Å²) in [6, 6.07) is 8.65. The first-order valence-corrected chi connectivity index (χ1v) is 10.1. The number of amides is 1. The highest BCUT2D eigenvalue weighted by Gasteiger charge is 2.27. The van der Waals surface area contributed by atoms with Crippen molar-refractivity contribution in [2.75, 3.05) is 13.1 Å². The molecule has 1 fully saturated rings. The molecule has 3 rings (SSSR count). The number of hydrogen-bond acceptors (Lipinski definition) is 3. The third-order valence-electron chi connectivity index (χ3n) is 4.59. The summed E-state index contributed by atoms with van der Waals surface area (Å²) < 4.78 is 53.1. The second-order valence-corrected chi connectivity index (χ2v) is 8.45. The van der Waals surface area contributed by atoms with E-state index in [1.807, 2.05) is 0 Å². The fourth-order valence-corrected chi connectivity index (χ4v) is 4.58. The Kier molecular flexibility index (Phi) is 5.57. The minimum absolute atomic E-state index is 0.0672. The van der Waals surface area contributed by atoms with E-state index in [1.54, 1.807) is 6.92 Å². The zero-order valence-corrected chi connectivity index (χ0v) is 15.6. The van der Waals surface area contributed by atoms with Crippen molar-refractivity contribution in [2.45, 2.75) is 30.7 Å². The molecular weight excluding hydrogens is 374 g/mol. The van der Waals surface area contributed by atoms with Crippen molar-refractivity contribution in [1.82, 2.24) is 9.62 Å². The molecule has 2 aromatic carbocycles. The zero-order chi connectivity index (χ0) is 19.6. The van der Waals surface area contributed by atoms with Crippen molar-refractivity contribution >= 4 is 15.9 Å². The lowest BCUT2D eigenvalue weighted by Crippen LogP contribution is -2.29. The molecule has 1 heterocycles. The van der Waals surface area contributed by atoms with Gasteiger partial charge in [-0.05, 0) is 55.7 Å². The summed E-state index contributed by atoms with van der Waals surface area (Å²) >= 11 is 0. The van der Waals surface area contributed by atoms with Crippen LogP contribution in [0.2, 0.25) is 0 Å². The highest BCUT2D eigenvalue weighted by Crippen LogP contribution is 2.22. The first-order valence-electron chi connectivity index (χ1n) is 8.65. The molecule has 8 heteroatoms. The Morgan fingerprint density at radius 3 is 2.44 bits per heavy atom. The van der Waals surface area contributed by atoms with Gasteiger partial charge in [-0.2, -0.15) is 4.31 Å². The monoisotopic (exact) mass is 394 g/mol. The lowest BCUT2D eigenvalue weighted by Gasteiger charge is -2.17. The number of nitrogens with one attached hydrogen (secondary N) is 1. The Labute approximate surface area is 157 Å². The molecule has 27 heavy (non-hydrogen) atoms. The van der Waals surface area contributed by atoms with Crippen molar-refractivity contribution in [1.29, 1.82) is 0 Å². The van der Waals surface area contributed by atoms with Gasteiger partial charge in [0.15, 0.2) is 11.6 Å².